The Balaban J connectivity index is 4.54. The normalized spacial score (nSPS) is 12.6. The van der Waals surface area contributed by atoms with E-state index in [1.807, 2.05) is 0 Å². The Kier molecular flexibility index (Phi) is 11.1. The third-order valence-electron chi connectivity index (χ3n) is 3.45. The van der Waals surface area contributed by atoms with Crippen molar-refractivity contribution >= 4 is 29.7 Å². The number of aliphatic imine (C=N–C) groups is 1. The van der Waals surface area contributed by atoms with Crippen molar-refractivity contribution in [1.82, 2.24) is 16.0 Å². The van der Waals surface area contributed by atoms with Gasteiger partial charge in [-0.3, -0.25) is 19.4 Å². The van der Waals surface area contributed by atoms with E-state index in [-0.39, 0.29) is 31.4 Å². The lowest BCUT2D eigenvalue weighted by atomic mass is 10.0. The van der Waals surface area contributed by atoms with Gasteiger partial charge in [0.25, 0.3) is 0 Å². The van der Waals surface area contributed by atoms with Gasteiger partial charge in [-0.2, -0.15) is 0 Å². The zero-order valence-electron chi connectivity index (χ0n) is 15.5. The second-order valence-electron chi connectivity index (χ2n) is 6.12. The fourth-order valence-corrected chi connectivity index (χ4v) is 2.05. The molecule has 12 heteroatoms. The van der Waals surface area contributed by atoms with Crippen LogP contribution in [-0.4, -0.2) is 66.5 Å². The molecule has 0 aliphatic rings. The number of nitrogens with one attached hydrogen (secondary N) is 3. The molecule has 0 saturated heterocycles. The lowest BCUT2D eigenvalue weighted by molar-refractivity contribution is -0.142. The Bertz CT molecular complexity index is 561. The minimum absolute atomic E-state index is 0.102. The summed E-state index contributed by atoms with van der Waals surface area (Å²) in [5, 5.41) is 16.3. The van der Waals surface area contributed by atoms with E-state index in [1.54, 1.807) is 13.8 Å². The SMILES string of the molecule is CC(C)C(NC(=O)CN)C(=O)NCC(=O)NC(CCCN=C(N)N)C(=O)O. The van der Waals surface area contributed by atoms with Gasteiger partial charge in [0.1, 0.15) is 12.1 Å². The summed E-state index contributed by atoms with van der Waals surface area (Å²) in [5.74, 6) is -3.29. The van der Waals surface area contributed by atoms with Gasteiger partial charge in [-0.15, -0.1) is 0 Å². The average molecular weight is 387 g/mol. The molecule has 2 atom stereocenters. The fourth-order valence-electron chi connectivity index (χ4n) is 2.05. The third kappa shape index (κ3) is 10.6. The van der Waals surface area contributed by atoms with Gasteiger partial charge < -0.3 is 38.3 Å². The Morgan fingerprint density at radius 2 is 1.70 bits per heavy atom. The first-order valence-electron chi connectivity index (χ1n) is 8.43. The van der Waals surface area contributed by atoms with Gasteiger partial charge in [0.05, 0.1) is 13.1 Å². The summed E-state index contributed by atoms with van der Waals surface area (Å²) in [4.78, 5) is 50.3. The molecule has 12 nitrogen and oxygen atoms in total. The largest absolute Gasteiger partial charge is 0.480 e. The van der Waals surface area contributed by atoms with Gasteiger partial charge in [0.15, 0.2) is 5.96 Å². The molecular formula is C15H29N7O5. The Hall–Kier alpha value is -2.89. The molecule has 2 unspecified atom stereocenters. The number of amides is 3. The number of guanidine groups is 1. The molecule has 0 rings (SSSR count). The highest BCUT2D eigenvalue weighted by atomic mass is 16.4. The van der Waals surface area contributed by atoms with Gasteiger partial charge in [0.2, 0.25) is 17.7 Å². The van der Waals surface area contributed by atoms with Gasteiger partial charge in [0, 0.05) is 6.54 Å². The van der Waals surface area contributed by atoms with E-state index in [0.717, 1.165) is 0 Å². The van der Waals surface area contributed by atoms with Crippen molar-refractivity contribution in [3.05, 3.63) is 0 Å². The highest BCUT2D eigenvalue weighted by Gasteiger charge is 2.25. The number of carboxylic acids is 1. The first-order chi connectivity index (χ1) is 12.6. The maximum absolute atomic E-state index is 12.1. The molecule has 0 aromatic heterocycles. The van der Waals surface area contributed by atoms with Crippen molar-refractivity contribution in [3.63, 3.8) is 0 Å². The molecule has 0 aromatic rings. The average Bonchev–Trinajstić information content (AvgIpc) is 2.59. The van der Waals surface area contributed by atoms with Crippen LogP contribution in [0.5, 0.6) is 0 Å². The lowest BCUT2D eigenvalue weighted by Gasteiger charge is -2.21. The van der Waals surface area contributed by atoms with Gasteiger partial charge in [-0.1, -0.05) is 13.8 Å². The Morgan fingerprint density at radius 3 is 2.19 bits per heavy atom. The minimum atomic E-state index is -1.21. The van der Waals surface area contributed by atoms with E-state index in [9.17, 15) is 19.2 Å². The minimum Gasteiger partial charge on any atom is -0.480 e. The molecule has 3 amide bonds. The summed E-state index contributed by atoms with van der Waals surface area (Å²) in [7, 11) is 0. The zero-order chi connectivity index (χ0) is 21.0. The lowest BCUT2D eigenvalue weighted by Crippen LogP contribution is -2.53. The molecular weight excluding hydrogens is 358 g/mol. The maximum atomic E-state index is 12.1. The number of nitrogens with two attached hydrogens (primary N) is 3. The molecule has 0 radical (unpaired) electrons. The van der Waals surface area contributed by atoms with Crippen LogP contribution in [0, 0.1) is 5.92 Å². The van der Waals surface area contributed by atoms with Crippen LogP contribution in [0.4, 0.5) is 0 Å². The second kappa shape index (κ2) is 12.5. The fraction of sp³-hybridized carbons (Fsp3) is 0.667. The van der Waals surface area contributed by atoms with E-state index >= 15 is 0 Å². The van der Waals surface area contributed by atoms with Gasteiger partial charge >= 0.3 is 5.97 Å². The smallest absolute Gasteiger partial charge is 0.326 e. The van der Waals surface area contributed by atoms with Crippen LogP contribution in [0.25, 0.3) is 0 Å². The summed E-state index contributed by atoms with van der Waals surface area (Å²) in [6.45, 7) is 2.97. The predicted octanol–water partition coefficient (Wildman–Crippen LogP) is -3.17. The number of hydrogen-bond acceptors (Lipinski definition) is 6. The highest BCUT2D eigenvalue weighted by Crippen LogP contribution is 2.02. The van der Waals surface area contributed by atoms with Gasteiger partial charge in [-0.25, -0.2) is 4.79 Å². The van der Waals surface area contributed by atoms with Crippen molar-refractivity contribution in [1.29, 1.82) is 0 Å². The van der Waals surface area contributed by atoms with Crippen LogP contribution in [0.2, 0.25) is 0 Å². The molecule has 0 heterocycles. The second-order valence-corrected chi connectivity index (χ2v) is 6.12. The first kappa shape index (κ1) is 24.1. The standard InChI is InChI=1S/C15H29N7O5/c1-8(2)12(22-10(23)6-16)13(25)20-7-11(24)21-9(14(26)27)4-3-5-19-15(17)18/h8-9,12H,3-7,16H2,1-2H3,(H,20,25)(H,21,24)(H,22,23)(H,26,27)(H4,17,18,19). The predicted molar refractivity (Wildman–Crippen MR) is 98.3 cm³/mol. The molecule has 0 aromatic carbocycles. The third-order valence-corrected chi connectivity index (χ3v) is 3.45. The summed E-state index contributed by atoms with van der Waals surface area (Å²) in [5.41, 5.74) is 15.5. The van der Waals surface area contributed by atoms with Crippen molar-refractivity contribution in [2.24, 2.45) is 28.1 Å². The summed E-state index contributed by atoms with van der Waals surface area (Å²) in [6, 6.07) is -2.00. The Morgan fingerprint density at radius 1 is 1.07 bits per heavy atom. The van der Waals surface area contributed by atoms with E-state index in [1.165, 1.54) is 0 Å². The number of hydrogen-bond donors (Lipinski definition) is 7. The first-order valence-corrected chi connectivity index (χ1v) is 8.43. The number of rotatable bonds is 12. The van der Waals surface area contributed by atoms with E-state index in [0.29, 0.717) is 6.42 Å². The van der Waals surface area contributed by atoms with Crippen LogP contribution < -0.4 is 33.2 Å². The molecule has 27 heavy (non-hydrogen) atoms. The molecule has 10 N–H and O–H groups in total. The Labute approximate surface area is 157 Å². The molecule has 0 fully saturated rings. The van der Waals surface area contributed by atoms with E-state index in [2.05, 4.69) is 20.9 Å². The van der Waals surface area contributed by atoms with Crippen molar-refractivity contribution in [2.45, 2.75) is 38.8 Å². The van der Waals surface area contributed by atoms with Gasteiger partial charge in [-0.05, 0) is 18.8 Å². The summed E-state index contributed by atoms with van der Waals surface area (Å²) >= 11 is 0. The number of nitrogens with zero attached hydrogens (tertiary/aromatic N) is 1. The van der Waals surface area contributed by atoms with E-state index < -0.39 is 42.3 Å². The zero-order valence-corrected chi connectivity index (χ0v) is 15.5. The molecule has 0 bridgehead atoms. The molecule has 154 valence electrons. The quantitative estimate of drug-likeness (QED) is 0.103. The molecule has 0 aliphatic heterocycles. The molecule has 0 aliphatic carbocycles. The van der Waals surface area contributed by atoms with Crippen LogP contribution in [0.15, 0.2) is 4.99 Å². The number of carbonyl (C=O) groups is 4. The topological polar surface area (TPSA) is 215 Å². The number of carbonyl (C=O) groups excluding carboxylic acids is 3. The van der Waals surface area contributed by atoms with Crippen LogP contribution in [0.3, 0.4) is 0 Å². The van der Waals surface area contributed by atoms with Crippen LogP contribution in [-0.2, 0) is 19.2 Å². The van der Waals surface area contributed by atoms with E-state index in [4.69, 9.17) is 22.3 Å². The van der Waals surface area contributed by atoms with Crippen LogP contribution in [0.1, 0.15) is 26.7 Å². The molecule has 0 spiro atoms. The molecule has 0 saturated carbocycles. The maximum Gasteiger partial charge on any atom is 0.326 e. The highest BCUT2D eigenvalue weighted by molar-refractivity contribution is 5.92. The number of carboxylic acid groups (broad SMARTS) is 1. The monoisotopic (exact) mass is 387 g/mol. The van der Waals surface area contributed by atoms with Crippen molar-refractivity contribution in [2.75, 3.05) is 19.6 Å². The van der Waals surface area contributed by atoms with Crippen molar-refractivity contribution in [3.8, 4) is 0 Å². The summed E-state index contributed by atoms with van der Waals surface area (Å²) in [6.07, 6.45) is 0.467. The number of aliphatic carboxylic acids is 1. The van der Waals surface area contributed by atoms with Crippen molar-refractivity contribution < 1.29 is 24.3 Å². The van der Waals surface area contributed by atoms with Crippen LogP contribution >= 0.6 is 0 Å². The summed E-state index contributed by atoms with van der Waals surface area (Å²) < 4.78 is 0.